The first kappa shape index (κ1) is 19.7. The van der Waals surface area contributed by atoms with E-state index in [1.165, 1.54) is 17.0 Å². The van der Waals surface area contributed by atoms with Gasteiger partial charge in [0.05, 0.1) is 10.9 Å². The van der Waals surface area contributed by atoms with Gasteiger partial charge in [-0.05, 0) is 53.3 Å². The van der Waals surface area contributed by atoms with Crippen molar-refractivity contribution >= 4 is 27.1 Å². The van der Waals surface area contributed by atoms with Crippen molar-refractivity contribution in [3.05, 3.63) is 87.6 Å². The van der Waals surface area contributed by atoms with Gasteiger partial charge in [0.15, 0.2) is 0 Å². The predicted octanol–water partition coefficient (Wildman–Crippen LogP) is 4.53. The number of rotatable bonds is 4. The molecule has 0 radical (unpaired) electrons. The van der Waals surface area contributed by atoms with Crippen LogP contribution in [0.25, 0.3) is 0 Å². The number of alkyl halides is 2. The third kappa shape index (κ3) is 3.58. The summed E-state index contributed by atoms with van der Waals surface area (Å²) in [5, 5.41) is 2.01. The lowest BCUT2D eigenvalue weighted by Gasteiger charge is -2.36. The molecule has 0 N–H and O–H groups in total. The summed E-state index contributed by atoms with van der Waals surface area (Å²) in [4.78, 5) is 15.7. The maximum Gasteiger partial charge on any atom is 0.341 e. The molecule has 2 heterocycles. The molecule has 0 bridgehead atoms. The molecule has 0 spiro atoms. The molecule has 0 saturated carbocycles. The van der Waals surface area contributed by atoms with E-state index in [-0.39, 0.29) is 17.5 Å². The Kier molecular flexibility index (Phi) is 5.23. The second-order valence-electron chi connectivity index (χ2n) is 6.69. The molecule has 0 saturated heterocycles. The minimum atomic E-state index is -4.69. The van der Waals surface area contributed by atoms with E-state index in [2.05, 4.69) is 0 Å². The molecule has 29 heavy (non-hydrogen) atoms. The van der Waals surface area contributed by atoms with Gasteiger partial charge in [0.2, 0.25) is 9.84 Å². The third-order valence-corrected chi connectivity index (χ3v) is 7.40. The van der Waals surface area contributed by atoms with E-state index in [4.69, 9.17) is 0 Å². The first-order valence-electron chi connectivity index (χ1n) is 8.94. The van der Waals surface area contributed by atoms with Crippen molar-refractivity contribution < 1.29 is 22.0 Å². The lowest BCUT2D eigenvalue weighted by Crippen LogP contribution is -2.40. The minimum Gasteiger partial charge on any atom is -0.327 e. The van der Waals surface area contributed by atoms with Crippen LogP contribution < -0.4 is 0 Å². The van der Waals surface area contributed by atoms with E-state index >= 15 is 0 Å². The number of thiophene rings is 1. The average Bonchev–Trinajstić information content (AvgIpc) is 3.22. The summed E-state index contributed by atoms with van der Waals surface area (Å²) < 4.78 is 48.7. The number of hydrogen-bond donors (Lipinski definition) is 0. The Morgan fingerprint density at radius 1 is 1.03 bits per heavy atom. The van der Waals surface area contributed by atoms with Crippen molar-refractivity contribution in [1.82, 2.24) is 4.90 Å². The highest BCUT2D eigenvalue weighted by Gasteiger charge is 2.33. The van der Waals surface area contributed by atoms with Crippen LogP contribution in [0.1, 0.15) is 32.4 Å². The lowest BCUT2D eigenvalue weighted by molar-refractivity contribution is 0.0696. The third-order valence-electron chi connectivity index (χ3n) is 5.01. The van der Waals surface area contributed by atoms with Gasteiger partial charge in [-0.3, -0.25) is 4.79 Å². The average molecular weight is 434 g/mol. The molecule has 1 amide bonds. The number of carbonyl (C=O) groups is 1. The maximum absolute atomic E-state index is 13.2. The van der Waals surface area contributed by atoms with E-state index in [1.54, 1.807) is 16.2 Å². The number of nitrogens with zero attached hydrogens (tertiary/aromatic N) is 1. The van der Waals surface area contributed by atoms with Gasteiger partial charge in [-0.2, -0.15) is 8.78 Å². The van der Waals surface area contributed by atoms with Gasteiger partial charge in [-0.1, -0.05) is 30.3 Å². The van der Waals surface area contributed by atoms with E-state index in [0.717, 1.165) is 29.7 Å². The first-order chi connectivity index (χ1) is 13.9. The Morgan fingerprint density at radius 3 is 2.38 bits per heavy atom. The largest absolute Gasteiger partial charge is 0.341 e. The molecule has 8 heteroatoms. The molecule has 1 unspecified atom stereocenters. The van der Waals surface area contributed by atoms with Crippen molar-refractivity contribution in [1.29, 1.82) is 0 Å². The second kappa shape index (κ2) is 7.68. The molecule has 2 aromatic carbocycles. The molecule has 1 atom stereocenters. The monoisotopic (exact) mass is 433 g/mol. The highest BCUT2D eigenvalue weighted by Crippen LogP contribution is 2.38. The standard InChI is InChI=1S/C21H17F2NO3S2/c22-21(23)29(26,27)16-8-6-15(7-9-16)20(25)24-12-10-18-17(11-13-28-18)19(24)14-4-2-1-3-5-14/h1-9,11,13,19,21H,10,12H2. The lowest BCUT2D eigenvalue weighted by atomic mass is 9.92. The molecule has 4 rings (SSSR count). The van der Waals surface area contributed by atoms with Gasteiger partial charge in [0.1, 0.15) is 0 Å². The fourth-order valence-electron chi connectivity index (χ4n) is 3.59. The summed E-state index contributed by atoms with van der Waals surface area (Å²) >= 11 is 1.67. The number of fused-ring (bicyclic) bond motifs is 1. The van der Waals surface area contributed by atoms with Crippen LogP contribution in [0.4, 0.5) is 8.78 Å². The number of halogens is 2. The Balaban J connectivity index is 1.69. The molecule has 1 aliphatic heterocycles. The zero-order valence-corrected chi connectivity index (χ0v) is 16.8. The van der Waals surface area contributed by atoms with Gasteiger partial charge in [0, 0.05) is 17.0 Å². The Morgan fingerprint density at radius 2 is 1.72 bits per heavy atom. The first-order valence-corrected chi connectivity index (χ1v) is 11.4. The van der Waals surface area contributed by atoms with Gasteiger partial charge < -0.3 is 4.90 Å². The molecule has 4 nitrogen and oxygen atoms in total. The fraction of sp³-hybridized carbons (Fsp3) is 0.190. The van der Waals surface area contributed by atoms with E-state index in [9.17, 15) is 22.0 Å². The summed E-state index contributed by atoms with van der Waals surface area (Å²) in [7, 11) is -4.69. The number of sulfone groups is 1. The molecule has 0 fully saturated rings. The molecular weight excluding hydrogens is 416 g/mol. The van der Waals surface area contributed by atoms with Crippen LogP contribution in [-0.2, 0) is 16.3 Å². The van der Waals surface area contributed by atoms with Crippen LogP contribution in [0.15, 0.2) is 70.9 Å². The highest BCUT2D eigenvalue weighted by molar-refractivity contribution is 7.91. The SMILES string of the molecule is O=C(c1ccc(S(=O)(=O)C(F)F)cc1)N1CCc2sccc2C1c1ccccc1. The second-order valence-corrected chi connectivity index (χ2v) is 9.61. The zero-order valence-electron chi connectivity index (χ0n) is 15.2. The van der Waals surface area contributed by atoms with Crippen molar-refractivity contribution in [3.63, 3.8) is 0 Å². The van der Waals surface area contributed by atoms with Crippen LogP contribution in [-0.4, -0.2) is 31.5 Å². The molecule has 3 aromatic rings. The maximum atomic E-state index is 13.2. The van der Waals surface area contributed by atoms with Crippen LogP contribution in [0, 0.1) is 0 Å². The summed E-state index contributed by atoms with van der Waals surface area (Å²) in [6, 6.07) is 16.2. The summed E-state index contributed by atoms with van der Waals surface area (Å²) in [5.74, 6) is -3.76. The van der Waals surface area contributed by atoms with Gasteiger partial charge in [0.25, 0.3) is 5.91 Å². The molecule has 0 aliphatic carbocycles. The number of amides is 1. The summed E-state index contributed by atoms with van der Waals surface area (Å²) in [6.45, 7) is 0.517. The zero-order chi connectivity index (χ0) is 20.6. The highest BCUT2D eigenvalue weighted by atomic mass is 32.2. The molecule has 1 aliphatic rings. The van der Waals surface area contributed by atoms with E-state index in [1.807, 2.05) is 41.8 Å². The summed E-state index contributed by atoms with van der Waals surface area (Å²) in [6.07, 6.45) is 0.736. The summed E-state index contributed by atoms with van der Waals surface area (Å²) in [5.41, 5.74) is 2.33. The van der Waals surface area contributed by atoms with Crippen LogP contribution in [0.5, 0.6) is 0 Å². The normalized spacial score (nSPS) is 16.7. The molecular formula is C21H17F2NO3S2. The van der Waals surface area contributed by atoms with Crippen LogP contribution in [0.3, 0.4) is 0 Å². The van der Waals surface area contributed by atoms with Crippen molar-refractivity contribution in [2.75, 3.05) is 6.54 Å². The van der Waals surface area contributed by atoms with Crippen LogP contribution >= 0.6 is 11.3 Å². The Labute approximate surface area is 171 Å². The quantitative estimate of drug-likeness (QED) is 0.607. The predicted molar refractivity (Wildman–Crippen MR) is 107 cm³/mol. The van der Waals surface area contributed by atoms with Crippen molar-refractivity contribution in [3.8, 4) is 0 Å². The van der Waals surface area contributed by atoms with E-state index < -0.39 is 20.5 Å². The molecule has 1 aromatic heterocycles. The van der Waals surface area contributed by atoms with Gasteiger partial charge >= 0.3 is 5.76 Å². The number of benzene rings is 2. The van der Waals surface area contributed by atoms with Gasteiger partial charge in [-0.15, -0.1) is 11.3 Å². The topological polar surface area (TPSA) is 54.5 Å². The van der Waals surface area contributed by atoms with Crippen molar-refractivity contribution in [2.24, 2.45) is 0 Å². The Hall–Kier alpha value is -2.58. The number of carbonyl (C=O) groups excluding carboxylic acids is 1. The van der Waals surface area contributed by atoms with E-state index in [0.29, 0.717) is 6.54 Å². The van der Waals surface area contributed by atoms with Gasteiger partial charge in [-0.25, -0.2) is 8.42 Å². The van der Waals surface area contributed by atoms with Crippen LogP contribution in [0.2, 0.25) is 0 Å². The minimum absolute atomic E-state index is 0.247. The van der Waals surface area contributed by atoms with Crippen molar-refractivity contribution in [2.45, 2.75) is 23.1 Å². The smallest absolute Gasteiger partial charge is 0.327 e. The number of hydrogen-bond acceptors (Lipinski definition) is 4. The molecule has 150 valence electrons. The fourth-order valence-corrected chi connectivity index (χ4v) is 5.21. The Bertz CT molecular complexity index is 1130.